The number of hydrogen-bond donors (Lipinski definition) is 2. The lowest BCUT2D eigenvalue weighted by Crippen LogP contribution is -2.34. The Kier molecular flexibility index (Phi) is 7.27. The van der Waals surface area contributed by atoms with Crippen LogP contribution >= 0.6 is 12.4 Å². The Morgan fingerprint density at radius 3 is 2.52 bits per heavy atom. The predicted octanol–water partition coefficient (Wildman–Crippen LogP) is 4.46. The third kappa shape index (κ3) is 5.20. The summed E-state index contributed by atoms with van der Waals surface area (Å²) >= 11 is 0. The second-order valence-electron chi connectivity index (χ2n) is 7.16. The van der Waals surface area contributed by atoms with Crippen LogP contribution in [0.3, 0.4) is 0 Å². The van der Waals surface area contributed by atoms with Crippen molar-refractivity contribution in [2.24, 2.45) is 11.8 Å². The van der Waals surface area contributed by atoms with Gasteiger partial charge in [0.15, 0.2) is 0 Å². The van der Waals surface area contributed by atoms with E-state index in [2.05, 4.69) is 66.9 Å². The quantitative estimate of drug-likeness (QED) is 0.826. The summed E-state index contributed by atoms with van der Waals surface area (Å²) in [5.41, 5.74) is 1.16. The number of carbonyl (C=O) groups is 1. The summed E-state index contributed by atoms with van der Waals surface area (Å²) in [5.74, 6) is 1.30. The first-order chi connectivity index (χ1) is 11.6. The maximum atomic E-state index is 12.4. The lowest BCUT2D eigenvalue weighted by atomic mass is 9.84. The number of rotatable bonds is 5. The molecule has 0 aromatic heterocycles. The van der Waals surface area contributed by atoms with Gasteiger partial charge in [0.1, 0.15) is 0 Å². The number of carbonyl (C=O) groups excluding carboxylic acids is 1. The number of benzene rings is 2. The van der Waals surface area contributed by atoms with Gasteiger partial charge >= 0.3 is 0 Å². The third-order valence-corrected chi connectivity index (χ3v) is 5.35. The van der Waals surface area contributed by atoms with Crippen molar-refractivity contribution in [3.05, 3.63) is 48.0 Å². The topological polar surface area (TPSA) is 41.1 Å². The average Bonchev–Trinajstić information content (AvgIpc) is 2.61. The van der Waals surface area contributed by atoms with E-state index < -0.39 is 0 Å². The summed E-state index contributed by atoms with van der Waals surface area (Å²) in [7, 11) is 0. The number of amides is 1. The SMILES string of the molecule is CC(NC(=O)CC(C)C1CCNCC1)c1ccc2ccccc2c1.Cl. The van der Waals surface area contributed by atoms with Crippen molar-refractivity contribution in [3.8, 4) is 0 Å². The van der Waals surface area contributed by atoms with Gasteiger partial charge in [0.2, 0.25) is 5.91 Å². The highest BCUT2D eigenvalue weighted by Crippen LogP contribution is 2.25. The molecular formula is C21H29ClN2O. The van der Waals surface area contributed by atoms with Crippen LogP contribution in [0.2, 0.25) is 0 Å². The van der Waals surface area contributed by atoms with E-state index in [0.717, 1.165) is 18.7 Å². The van der Waals surface area contributed by atoms with Crippen LogP contribution in [0.5, 0.6) is 0 Å². The largest absolute Gasteiger partial charge is 0.350 e. The molecule has 2 unspecified atom stereocenters. The number of nitrogens with one attached hydrogen (secondary N) is 2. The second-order valence-corrected chi connectivity index (χ2v) is 7.16. The summed E-state index contributed by atoms with van der Waals surface area (Å²) in [6.45, 7) is 6.46. The van der Waals surface area contributed by atoms with Crippen molar-refractivity contribution in [2.45, 2.75) is 39.2 Å². The van der Waals surface area contributed by atoms with E-state index in [-0.39, 0.29) is 24.4 Å². The zero-order valence-corrected chi connectivity index (χ0v) is 15.9. The summed E-state index contributed by atoms with van der Waals surface area (Å²) < 4.78 is 0. The van der Waals surface area contributed by atoms with E-state index in [4.69, 9.17) is 0 Å². The Balaban J connectivity index is 0.00000225. The normalized spacial score (nSPS) is 17.5. The van der Waals surface area contributed by atoms with Crippen LogP contribution in [0.15, 0.2) is 42.5 Å². The van der Waals surface area contributed by atoms with Crippen LogP contribution < -0.4 is 10.6 Å². The van der Waals surface area contributed by atoms with E-state index in [1.165, 1.54) is 23.6 Å². The molecule has 1 fully saturated rings. The molecule has 4 heteroatoms. The van der Waals surface area contributed by atoms with E-state index in [1.807, 2.05) is 0 Å². The van der Waals surface area contributed by atoms with E-state index in [1.54, 1.807) is 0 Å². The van der Waals surface area contributed by atoms with Crippen molar-refractivity contribution >= 4 is 29.1 Å². The fourth-order valence-corrected chi connectivity index (χ4v) is 3.73. The first-order valence-corrected chi connectivity index (χ1v) is 9.12. The van der Waals surface area contributed by atoms with Crippen molar-refractivity contribution in [3.63, 3.8) is 0 Å². The maximum absolute atomic E-state index is 12.4. The Labute approximate surface area is 157 Å². The Bertz CT molecular complexity index is 697. The molecule has 0 bridgehead atoms. The van der Waals surface area contributed by atoms with Crippen LogP contribution in [-0.2, 0) is 4.79 Å². The summed E-state index contributed by atoms with van der Waals surface area (Å²) in [6.07, 6.45) is 3.01. The van der Waals surface area contributed by atoms with Crippen molar-refractivity contribution in [1.29, 1.82) is 0 Å². The maximum Gasteiger partial charge on any atom is 0.220 e. The molecule has 0 aliphatic carbocycles. The van der Waals surface area contributed by atoms with Crippen molar-refractivity contribution in [1.82, 2.24) is 10.6 Å². The summed E-state index contributed by atoms with van der Waals surface area (Å²) in [5, 5.41) is 9.02. The lowest BCUT2D eigenvalue weighted by Gasteiger charge is -2.28. The van der Waals surface area contributed by atoms with Crippen LogP contribution in [0, 0.1) is 11.8 Å². The lowest BCUT2D eigenvalue weighted by molar-refractivity contribution is -0.123. The molecule has 1 heterocycles. The van der Waals surface area contributed by atoms with E-state index >= 15 is 0 Å². The molecule has 2 N–H and O–H groups in total. The minimum atomic E-state index is 0. The minimum absolute atomic E-state index is 0. The molecule has 136 valence electrons. The standard InChI is InChI=1S/C21H28N2O.ClH/c1-15(17-9-11-22-12-10-17)13-21(24)23-16(2)19-8-7-18-5-3-4-6-20(18)14-19;/h3-8,14-17,22H,9-13H2,1-2H3,(H,23,24);1H. The number of piperidine rings is 1. The van der Waals surface area contributed by atoms with Gasteiger partial charge in [0, 0.05) is 6.42 Å². The zero-order valence-electron chi connectivity index (χ0n) is 15.1. The van der Waals surface area contributed by atoms with Crippen molar-refractivity contribution < 1.29 is 4.79 Å². The first-order valence-electron chi connectivity index (χ1n) is 9.12. The van der Waals surface area contributed by atoms with Gasteiger partial charge in [0.25, 0.3) is 0 Å². The Hall–Kier alpha value is -1.58. The van der Waals surface area contributed by atoms with Gasteiger partial charge in [-0.3, -0.25) is 4.79 Å². The number of fused-ring (bicyclic) bond motifs is 1. The van der Waals surface area contributed by atoms with Gasteiger partial charge in [-0.25, -0.2) is 0 Å². The molecule has 3 nitrogen and oxygen atoms in total. The predicted molar refractivity (Wildman–Crippen MR) is 107 cm³/mol. The fraction of sp³-hybridized carbons (Fsp3) is 0.476. The molecule has 25 heavy (non-hydrogen) atoms. The van der Waals surface area contributed by atoms with Crippen LogP contribution in [0.4, 0.5) is 0 Å². The zero-order chi connectivity index (χ0) is 16.9. The van der Waals surface area contributed by atoms with E-state index in [0.29, 0.717) is 18.3 Å². The molecular weight excluding hydrogens is 332 g/mol. The first kappa shape index (κ1) is 19.7. The molecule has 0 spiro atoms. The van der Waals surface area contributed by atoms with Crippen LogP contribution in [0.1, 0.15) is 44.7 Å². The van der Waals surface area contributed by atoms with Crippen LogP contribution in [0.25, 0.3) is 10.8 Å². The fourth-order valence-electron chi connectivity index (χ4n) is 3.73. The van der Waals surface area contributed by atoms with Gasteiger partial charge in [-0.2, -0.15) is 0 Å². The minimum Gasteiger partial charge on any atom is -0.350 e. The van der Waals surface area contributed by atoms with Crippen molar-refractivity contribution in [2.75, 3.05) is 13.1 Å². The third-order valence-electron chi connectivity index (χ3n) is 5.35. The van der Waals surface area contributed by atoms with Gasteiger partial charge in [-0.1, -0.05) is 43.3 Å². The van der Waals surface area contributed by atoms with Gasteiger partial charge in [-0.15, -0.1) is 12.4 Å². The molecule has 2 aromatic rings. The summed E-state index contributed by atoms with van der Waals surface area (Å²) in [6, 6.07) is 14.8. The molecule has 1 saturated heterocycles. The highest BCUT2D eigenvalue weighted by atomic mass is 35.5. The Morgan fingerprint density at radius 2 is 1.80 bits per heavy atom. The van der Waals surface area contributed by atoms with Gasteiger partial charge in [0.05, 0.1) is 6.04 Å². The highest BCUT2D eigenvalue weighted by molar-refractivity contribution is 5.85. The number of halogens is 1. The molecule has 1 amide bonds. The number of hydrogen-bond acceptors (Lipinski definition) is 2. The van der Waals surface area contributed by atoms with Crippen LogP contribution in [-0.4, -0.2) is 19.0 Å². The van der Waals surface area contributed by atoms with E-state index in [9.17, 15) is 4.79 Å². The molecule has 3 rings (SSSR count). The molecule has 0 radical (unpaired) electrons. The Morgan fingerprint density at radius 1 is 1.12 bits per heavy atom. The highest BCUT2D eigenvalue weighted by Gasteiger charge is 2.22. The molecule has 2 aromatic carbocycles. The molecule has 2 atom stereocenters. The van der Waals surface area contributed by atoms with Gasteiger partial charge in [-0.05, 0) is 67.1 Å². The smallest absolute Gasteiger partial charge is 0.220 e. The summed E-state index contributed by atoms with van der Waals surface area (Å²) in [4.78, 5) is 12.4. The average molecular weight is 361 g/mol. The van der Waals surface area contributed by atoms with Gasteiger partial charge < -0.3 is 10.6 Å². The molecule has 0 saturated carbocycles. The second kappa shape index (κ2) is 9.21. The monoisotopic (exact) mass is 360 g/mol. The molecule has 1 aliphatic rings. The molecule has 1 aliphatic heterocycles.